The summed E-state index contributed by atoms with van der Waals surface area (Å²) in [6.07, 6.45) is 15.3. The zero-order valence-electron chi connectivity index (χ0n) is 20.9. The Hall–Kier alpha value is -2.88. The first-order valence-electron chi connectivity index (χ1n) is 12.9. The molecule has 0 aliphatic heterocycles. The first-order valence-corrected chi connectivity index (χ1v) is 12.9. The Balaban J connectivity index is 1.75. The summed E-state index contributed by atoms with van der Waals surface area (Å²) >= 11 is 0. The number of esters is 2. The molecule has 0 aliphatic rings. The van der Waals surface area contributed by atoms with E-state index in [1.807, 2.05) is 36.4 Å². The molecule has 0 spiro atoms. The monoisotopic (exact) mass is 464 g/mol. The molecule has 2 aromatic rings. The lowest BCUT2D eigenvalue weighted by atomic mass is 10.1. The van der Waals surface area contributed by atoms with Gasteiger partial charge in [-0.2, -0.15) is 0 Å². The highest BCUT2D eigenvalue weighted by Gasteiger charge is 2.07. The second-order valence-corrected chi connectivity index (χ2v) is 8.68. The van der Waals surface area contributed by atoms with Gasteiger partial charge >= 0.3 is 11.9 Å². The maximum absolute atomic E-state index is 12.2. The standard InChI is InChI=1S/C30H40O4/c1-3-5-7-9-11-23-33-29(31)27-19-15-25(16-20-27)13-14-26-17-21-28(22-18-26)30(32)34-24-12-10-8-6-4-2/h13-22H,3-12,23-24H2,1-2H3. The fourth-order valence-electron chi connectivity index (χ4n) is 3.56. The van der Waals surface area contributed by atoms with Gasteiger partial charge in [-0.15, -0.1) is 0 Å². The smallest absolute Gasteiger partial charge is 0.338 e. The molecular formula is C30H40O4. The molecule has 0 aromatic heterocycles. The molecule has 34 heavy (non-hydrogen) atoms. The van der Waals surface area contributed by atoms with Crippen LogP contribution in [0.5, 0.6) is 0 Å². The minimum absolute atomic E-state index is 0.269. The summed E-state index contributed by atoms with van der Waals surface area (Å²) < 4.78 is 10.7. The van der Waals surface area contributed by atoms with Crippen molar-refractivity contribution >= 4 is 24.1 Å². The molecule has 0 heterocycles. The van der Waals surface area contributed by atoms with Crippen LogP contribution in [0.15, 0.2) is 48.5 Å². The van der Waals surface area contributed by atoms with Gasteiger partial charge in [0.25, 0.3) is 0 Å². The molecule has 2 aromatic carbocycles. The predicted molar refractivity (Wildman–Crippen MR) is 140 cm³/mol. The number of hydrogen-bond acceptors (Lipinski definition) is 4. The van der Waals surface area contributed by atoms with Crippen molar-refractivity contribution in [1.29, 1.82) is 0 Å². The highest BCUT2D eigenvalue weighted by Crippen LogP contribution is 2.13. The van der Waals surface area contributed by atoms with Gasteiger partial charge in [-0.05, 0) is 48.2 Å². The van der Waals surface area contributed by atoms with Crippen LogP contribution in [0.25, 0.3) is 12.2 Å². The fourth-order valence-corrected chi connectivity index (χ4v) is 3.56. The van der Waals surface area contributed by atoms with Crippen molar-refractivity contribution in [3.63, 3.8) is 0 Å². The normalized spacial score (nSPS) is 11.0. The lowest BCUT2D eigenvalue weighted by Crippen LogP contribution is -2.06. The zero-order valence-corrected chi connectivity index (χ0v) is 20.9. The largest absolute Gasteiger partial charge is 0.462 e. The van der Waals surface area contributed by atoms with Crippen LogP contribution < -0.4 is 0 Å². The van der Waals surface area contributed by atoms with Gasteiger partial charge < -0.3 is 9.47 Å². The first-order chi connectivity index (χ1) is 16.6. The molecule has 4 nitrogen and oxygen atoms in total. The molecule has 0 radical (unpaired) electrons. The molecule has 0 unspecified atom stereocenters. The quantitative estimate of drug-likeness (QED) is 0.143. The van der Waals surface area contributed by atoms with Gasteiger partial charge in [0.05, 0.1) is 24.3 Å². The lowest BCUT2D eigenvalue weighted by Gasteiger charge is -2.05. The third kappa shape index (κ3) is 10.8. The fraction of sp³-hybridized carbons (Fsp3) is 0.467. The highest BCUT2D eigenvalue weighted by atomic mass is 16.5. The van der Waals surface area contributed by atoms with Gasteiger partial charge in [-0.3, -0.25) is 0 Å². The Morgan fingerprint density at radius 3 is 1.26 bits per heavy atom. The number of carbonyl (C=O) groups is 2. The van der Waals surface area contributed by atoms with Gasteiger partial charge in [0.1, 0.15) is 0 Å². The molecule has 0 bridgehead atoms. The highest BCUT2D eigenvalue weighted by molar-refractivity contribution is 5.90. The third-order valence-corrected chi connectivity index (χ3v) is 5.72. The average Bonchev–Trinajstić information content (AvgIpc) is 2.87. The van der Waals surface area contributed by atoms with Crippen LogP contribution in [-0.2, 0) is 9.47 Å². The summed E-state index contributed by atoms with van der Waals surface area (Å²) in [5, 5.41) is 0. The van der Waals surface area contributed by atoms with E-state index in [2.05, 4.69) is 13.8 Å². The van der Waals surface area contributed by atoms with Gasteiger partial charge in [0, 0.05) is 0 Å². The van der Waals surface area contributed by atoms with E-state index in [4.69, 9.17) is 9.47 Å². The summed E-state index contributed by atoms with van der Waals surface area (Å²) in [6.45, 7) is 5.33. The van der Waals surface area contributed by atoms with Gasteiger partial charge in [-0.1, -0.05) is 102 Å². The van der Waals surface area contributed by atoms with Crippen LogP contribution in [-0.4, -0.2) is 25.2 Å². The number of carbonyl (C=O) groups excluding carboxylic acids is 2. The molecule has 0 saturated heterocycles. The van der Waals surface area contributed by atoms with Crippen molar-refractivity contribution in [3.8, 4) is 0 Å². The number of benzene rings is 2. The van der Waals surface area contributed by atoms with E-state index >= 15 is 0 Å². The molecule has 0 aliphatic carbocycles. The van der Waals surface area contributed by atoms with E-state index in [9.17, 15) is 9.59 Å². The van der Waals surface area contributed by atoms with Crippen molar-refractivity contribution < 1.29 is 19.1 Å². The summed E-state index contributed by atoms with van der Waals surface area (Å²) in [4.78, 5) is 24.3. The van der Waals surface area contributed by atoms with Crippen LogP contribution in [0.3, 0.4) is 0 Å². The van der Waals surface area contributed by atoms with Crippen LogP contribution in [0.4, 0.5) is 0 Å². The SMILES string of the molecule is CCCCCCCOC(=O)c1ccc(C=Cc2ccc(C(=O)OCCCCCCC)cc2)cc1. The Kier molecular flexibility index (Phi) is 13.4. The van der Waals surface area contributed by atoms with Crippen LogP contribution >= 0.6 is 0 Å². The molecule has 0 atom stereocenters. The maximum Gasteiger partial charge on any atom is 0.338 e. The van der Waals surface area contributed by atoms with Crippen molar-refractivity contribution in [2.45, 2.75) is 78.1 Å². The minimum atomic E-state index is -0.269. The molecule has 0 saturated carbocycles. The first kappa shape index (κ1) is 27.4. The summed E-state index contributed by atoms with van der Waals surface area (Å²) in [7, 11) is 0. The lowest BCUT2D eigenvalue weighted by molar-refractivity contribution is 0.0488. The van der Waals surface area contributed by atoms with Crippen LogP contribution in [0.1, 0.15) is 110 Å². The van der Waals surface area contributed by atoms with Crippen molar-refractivity contribution in [2.75, 3.05) is 13.2 Å². The van der Waals surface area contributed by atoms with Crippen LogP contribution in [0.2, 0.25) is 0 Å². The van der Waals surface area contributed by atoms with Gasteiger partial charge in [0.2, 0.25) is 0 Å². The van der Waals surface area contributed by atoms with Crippen molar-refractivity contribution in [1.82, 2.24) is 0 Å². The average molecular weight is 465 g/mol. The summed E-state index contributed by atoms with van der Waals surface area (Å²) in [5.41, 5.74) is 3.11. The summed E-state index contributed by atoms with van der Waals surface area (Å²) in [5.74, 6) is -0.538. The topological polar surface area (TPSA) is 52.6 Å². The molecule has 0 N–H and O–H groups in total. The Morgan fingerprint density at radius 1 is 0.559 bits per heavy atom. The van der Waals surface area contributed by atoms with E-state index < -0.39 is 0 Å². The predicted octanol–water partition coefficient (Wildman–Crippen LogP) is 8.11. The molecule has 0 fully saturated rings. The number of hydrogen-bond donors (Lipinski definition) is 0. The van der Waals surface area contributed by atoms with E-state index in [1.165, 1.54) is 38.5 Å². The Morgan fingerprint density at radius 2 is 0.912 bits per heavy atom. The number of ether oxygens (including phenoxy) is 2. The summed E-state index contributed by atoms with van der Waals surface area (Å²) in [6, 6.07) is 14.8. The molecular weight excluding hydrogens is 424 g/mol. The van der Waals surface area contributed by atoms with Crippen molar-refractivity contribution in [2.24, 2.45) is 0 Å². The molecule has 0 amide bonds. The Labute approximate surface area is 205 Å². The van der Waals surface area contributed by atoms with Gasteiger partial charge in [-0.25, -0.2) is 9.59 Å². The zero-order chi connectivity index (χ0) is 24.4. The Bertz CT molecular complexity index is 792. The molecule has 2 rings (SSSR count). The van der Waals surface area contributed by atoms with E-state index in [1.54, 1.807) is 24.3 Å². The maximum atomic E-state index is 12.2. The third-order valence-electron chi connectivity index (χ3n) is 5.72. The number of unbranched alkanes of at least 4 members (excludes halogenated alkanes) is 8. The molecule has 4 heteroatoms. The van der Waals surface area contributed by atoms with Crippen molar-refractivity contribution in [3.05, 3.63) is 70.8 Å². The van der Waals surface area contributed by atoms with Crippen LogP contribution in [0, 0.1) is 0 Å². The second-order valence-electron chi connectivity index (χ2n) is 8.68. The second kappa shape index (κ2) is 16.7. The van der Waals surface area contributed by atoms with Gasteiger partial charge in [0.15, 0.2) is 0 Å². The van der Waals surface area contributed by atoms with E-state index in [0.29, 0.717) is 24.3 Å². The van der Waals surface area contributed by atoms with E-state index in [-0.39, 0.29) is 11.9 Å². The van der Waals surface area contributed by atoms with E-state index in [0.717, 1.165) is 36.8 Å². The minimum Gasteiger partial charge on any atom is -0.462 e. The molecule has 184 valence electrons. The number of rotatable bonds is 16.